The number of nitrogens with zero attached hydrogens (tertiary/aromatic N) is 1. The molecule has 12 rings (SSSR count). The number of anilines is 3. The van der Waals surface area contributed by atoms with Crippen LogP contribution in [-0.2, 0) is 5.41 Å². The molecule has 2 aliphatic rings. The lowest BCUT2D eigenvalue weighted by molar-refractivity contribution is 0.436. The van der Waals surface area contributed by atoms with Crippen LogP contribution in [0, 0.1) is 0 Å². The van der Waals surface area contributed by atoms with E-state index in [9.17, 15) is 0 Å². The van der Waals surface area contributed by atoms with Gasteiger partial charge in [-0.2, -0.15) is 0 Å². The van der Waals surface area contributed by atoms with Gasteiger partial charge in [-0.1, -0.05) is 206 Å². The average molecular weight is 804 g/mol. The Labute approximate surface area is 368 Å². The Morgan fingerprint density at radius 2 is 0.746 bits per heavy atom. The number of benzene rings is 10. The summed E-state index contributed by atoms with van der Waals surface area (Å²) in [6.07, 6.45) is 0. The van der Waals surface area contributed by atoms with Gasteiger partial charge in [-0.3, -0.25) is 0 Å². The van der Waals surface area contributed by atoms with Gasteiger partial charge < -0.3 is 9.64 Å². The van der Waals surface area contributed by atoms with Gasteiger partial charge in [-0.25, -0.2) is 0 Å². The molecular formula is C61H41NO. The minimum absolute atomic E-state index is 0.535. The van der Waals surface area contributed by atoms with E-state index in [-0.39, 0.29) is 0 Å². The maximum atomic E-state index is 6.63. The van der Waals surface area contributed by atoms with Crippen molar-refractivity contribution in [1.29, 1.82) is 0 Å². The third kappa shape index (κ3) is 5.87. The van der Waals surface area contributed by atoms with E-state index in [0.717, 1.165) is 39.7 Å². The third-order valence-corrected chi connectivity index (χ3v) is 13.0. The highest BCUT2D eigenvalue weighted by atomic mass is 16.5. The topological polar surface area (TPSA) is 12.5 Å². The predicted octanol–water partition coefficient (Wildman–Crippen LogP) is 16.3. The summed E-state index contributed by atoms with van der Waals surface area (Å²) in [6.45, 7) is 0. The number of para-hydroxylation sites is 3. The van der Waals surface area contributed by atoms with Gasteiger partial charge in [0.1, 0.15) is 11.5 Å². The highest BCUT2D eigenvalue weighted by Crippen LogP contribution is 2.63. The van der Waals surface area contributed by atoms with Gasteiger partial charge in [0.15, 0.2) is 0 Å². The van der Waals surface area contributed by atoms with Crippen molar-refractivity contribution in [3.8, 4) is 67.1 Å². The van der Waals surface area contributed by atoms with E-state index in [1.54, 1.807) is 0 Å². The zero-order valence-corrected chi connectivity index (χ0v) is 34.5. The predicted molar refractivity (Wildman–Crippen MR) is 260 cm³/mol. The van der Waals surface area contributed by atoms with Crippen LogP contribution in [0.3, 0.4) is 0 Å². The van der Waals surface area contributed by atoms with Crippen LogP contribution in [0.1, 0.15) is 22.3 Å². The highest BCUT2D eigenvalue weighted by Gasteiger charge is 2.51. The fourth-order valence-corrected chi connectivity index (χ4v) is 10.3. The van der Waals surface area contributed by atoms with Gasteiger partial charge in [0.25, 0.3) is 0 Å². The van der Waals surface area contributed by atoms with E-state index in [0.29, 0.717) is 0 Å². The Morgan fingerprint density at radius 3 is 1.41 bits per heavy atom. The molecule has 0 saturated carbocycles. The molecule has 0 atom stereocenters. The molecule has 63 heavy (non-hydrogen) atoms. The molecule has 1 spiro atoms. The third-order valence-electron chi connectivity index (χ3n) is 13.0. The second kappa shape index (κ2) is 15.1. The van der Waals surface area contributed by atoms with Gasteiger partial charge >= 0.3 is 0 Å². The van der Waals surface area contributed by atoms with E-state index < -0.39 is 5.41 Å². The Kier molecular flexibility index (Phi) is 8.76. The van der Waals surface area contributed by atoms with Crippen LogP contribution in [0.5, 0.6) is 11.5 Å². The van der Waals surface area contributed by atoms with Crippen LogP contribution >= 0.6 is 0 Å². The molecule has 2 heteroatoms. The van der Waals surface area contributed by atoms with Crippen molar-refractivity contribution in [2.45, 2.75) is 5.41 Å². The normalized spacial score (nSPS) is 12.7. The zero-order chi connectivity index (χ0) is 41.7. The van der Waals surface area contributed by atoms with Gasteiger partial charge in [0, 0.05) is 28.1 Å². The Morgan fingerprint density at radius 1 is 0.286 bits per heavy atom. The van der Waals surface area contributed by atoms with Crippen LogP contribution in [0.4, 0.5) is 17.1 Å². The van der Waals surface area contributed by atoms with Crippen molar-refractivity contribution in [3.63, 3.8) is 0 Å². The molecule has 1 aliphatic carbocycles. The molecule has 0 fully saturated rings. The van der Waals surface area contributed by atoms with E-state index in [1.807, 2.05) is 0 Å². The standard InChI is InChI=1S/C61H41NO/c1-3-19-42(20-4-1)48-25-7-8-26-49(48)44-37-39-46(40-38-44)62(57-34-14-10-27-50(57)43-21-5-2-6-22-43)47-24-17-23-45(41-47)51-29-18-33-56-60(51)52-28-9-11-30-53(52)61(56)54-31-12-15-35-58(54)63-59-36-16-13-32-55(59)61/h1-41H. The molecule has 1 aliphatic heterocycles. The van der Waals surface area contributed by atoms with E-state index >= 15 is 0 Å². The van der Waals surface area contributed by atoms with Crippen LogP contribution in [0.2, 0.25) is 0 Å². The largest absolute Gasteiger partial charge is 0.457 e. The minimum Gasteiger partial charge on any atom is -0.457 e. The van der Waals surface area contributed by atoms with E-state index in [2.05, 4.69) is 254 Å². The SMILES string of the molecule is c1ccc(-c2ccccc2-c2ccc(N(c3cccc(-c4cccc5c4-c4ccccc4C54c5ccccc5Oc5ccccc54)c3)c3ccccc3-c3ccccc3)cc2)cc1. The summed E-state index contributed by atoms with van der Waals surface area (Å²) in [5.74, 6) is 1.79. The summed E-state index contributed by atoms with van der Waals surface area (Å²) >= 11 is 0. The van der Waals surface area contributed by atoms with Crippen LogP contribution in [0.25, 0.3) is 55.6 Å². The van der Waals surface area contributed by atoms with Gasteiger partial charge in [0.2, 0.25) is 0 Å². The van der Waals surface area contributed by atoms with Crippen molar-refractivity contribution in [2.75, 3.05) is 4.90 Å². The maximum absolute atomic E-state index is 6.63. The fourth-order valence-electron chi connectivity index (χ4n) is 10.3. The lowest BCUT2D eigenvalue weighted by Crippen LogP contribution is -2.32. The number of ether oxygens (including phenoxy) is 1. The molecule has 10 aromatic rings. The number of fused-ring (bicyclic) bond motifs is 9. The first-order chi connectivity index (χ1) is 31.3. The summed E-state index contributed by atoms with van der Waals surface area (Å²) in [5, 5.41) is 0. The molecule has 0 amide bonds. The molecule has 0 radical (unpaired) electrons. The second-order valence-electron chi connectivity index (χ2n) is 16.3. The zero-order valence-electron chi connectivity index (χ0n) is 34.5. The van der Waals surface area contributed by atoms with Crippen molar-refractivity contribution in [2.24, 2.45) is 0 Å². The number of hydrogen-bond donors (Lipinski definition) is 0. The lowest BCUT2D eigenvalue weighted by Gasteiger charge is -2.39. The van der Waals surface area contributed by atoms with Crippen molar-refractivity contribution < 1.29 is 4.74 Å². The van der Waals surface area contributed by atoms with E-state index in [4.69, 9.17) is 4.74 Å². The lowest BCUT2D eigenvalue weighted by atomic mass is 9.66. The van der Waals surface area contributed by atoms with Gasteiger partial charge in [-0.05, 0) is 104 Å². The molecule has 0 N–H and O–H groups in total. The van der Waals surface area contributed by atoms with Crippen molar-refractivity contribution in [1.82, 2.24) is 0 Å². The maximum Gasteiger partial charge on any atom is 0.132 e. The van der Waals surface area contributed by atoms with Crippen LogP contribution < -0.4 is 9.64 Å². The monoisotopic (exact) mass is 803 g/mol. The summed E-state index contributed by atoms with van der Waals surface area (Å²) < 4.78 is 6.63. The molecule has 0 aromatic heterocycles. The van der Waals surface area contributed by atoms with Crippen LogP contribution in [-0.4, -0.2) is 0 Å². The molecule has 1 heterocycles. The minimum atomic E-state index is -0.535. The molecule has 10 aromatic carbocycles. The number of rotatable bonds is 7. The smallest absolute Gasteiger partial charge is 0.132 e. The first-order valence-electron chi connectivity index (χ1n) is 21.7. The Balaban J connectivity index is 1.04. The van der Waals surface area contributed by atoms with E-state index in [1.165, 1.54) is 66.8 Å². The molecule has 0 unspecified atom stereocenters. The molecule has 296 valence electrons. The second-order valence-corrected chi connectivity index (χ2v) is 16.3. The van der Waals surface area contributed by atoms with Crippen molar-refractivity contribution in [3.05, 3.63) is 271 Å². The Bertz CT molecular complexity index is 3270. The molecule has 0 saturated heterocycles. The quantitative estimate of drug-likeness (QED) is 0.159. The van der Waals surface area contributed by atoms with Crippen LogP contribution in [0.15, 0.2) is 249 Å². The first-order valence-corrected chi connectivity index (χ1v) is 21.7. The van der Waals surface area contributed by atoms with Gasteiger partial charge in [0.05, 0.1) is 11.1 Å². The molecule has 2 nitrogen and oxygen atoms in total. The fraction of sp³-hybridized carbons (Fsp3) is 0.0164. The van der Waals surface area contributed by atoms with Gasteiger partial charge in [-0.15, -0.1) is 0 Å². The summed E-state index contributed by atoms with van der Waals surface area (Å²) in [4.78, 5) is 2.42. The number of hydrogen-bond acceptors (Lipinski definition) is 2. The summed E-state index contributed by atoms with van der Waals surface area (Å²) in [7, 11) is 0. The highest BCUT2D eigenvalue weighted by molar-refractivity contribution is 5.98. The molecular weight excluding hydrogens is 763 g/mol. The average Bonchev–Trinajstić information content (AvgIpc) is 3.66. The summed E-state index contributed by atoms with van der Waals surface area (Å²) in [6, 6.07) is 90.0. The molecule has 0 bridgehead atoms. The Hall–Kier alpha value is -8.20. The van der Waals surface area contributed by atoms with Crippen molar-refractivity contribution >= 4 is 17.1 Å². The first kappa shape index (κ1) is 36.6. The summed E-state index contributed by atoms with van der Waals surface area (Å²) in [5.41, 5.74) is 19.6.